The molecule has 6 nitrogen and oxygen atoms in total. The van der Waals surface area contributed by atoms with Gasteiger partial charge in [-0.2, -0.15) is 0 Å². The van der Waals surface area contributed by atoms with Gasteiger partial charge in [-0.1, -0.05) is 42.5 Å². The van der Waals surface area contributed by atoms with Gasteiger partial charge in [0.25, 0.3) is 5.56 Å². The van der Waals surface area contributed by atoms with Crippen LogP contribution in [0.2, 0.25) is 0 Å². The molecule has 4 rings (SSSR count). The Labute approximate surface area is 149 Å². The zero-order valence-corrected chi connectivity index (χ0v) is 14.0. The van der Waals surface area contributed by atoms with Gasteiger partial charge < -0.3 is 5.11 Å². The summed E-state index contributed by atoms with van der Waals surface area (Å²) < 4.78 is 1.38. The number of phenols is 1. The molecule has 0 radical (unpaired) electrons. The molecule has 0 atom stereocenters. The normalized spacial score (nSPS) is 10.8. The van der Waals surface area contributed by atoms with Crippen LogP contribution < -0.4 is 5.56 Å². The van der Waals surface area contributed by atoms with E-state index < -0.39 is 0 Å². The second kappa shape index (κ2) is 6.33. The summed E-state index contributed by atoms with van der Waals surface area (Å²) in [6, 6.07) is 19.7. The van der Waals surface area contributed by atoms with Crippen LogP contribution in [0.5, 0.6) is 5.75 Å². The number of phenolic OH excluding ortho intramolecular Hbond substituents is 1. The summed E-state index contributed by atoms with van der Waals surface area (Å²) in [5, 5.41) is 13.2. The number of nitrogens with one attached hydrogen (secondary N) is 1. The van der Waals surface area contributed by atoms with E-state index in [9.17, 15) is 9.90 Å². The van der Waals surface area contributed by atoms with Crippen LogP contribution in [0.1, 0.15) is 5.69 Å². The fourth-order valence-electron chi connectivity index (χ4n) is 2.78. The summed E-state index contributed by atoms with van der Waals surface area (Å²) in [6.45, 7) is 1.82. The third-order valence-electron chi connectivity index (χ3n) is 4.02. The van der Waals surface area contributed by atoms with Crippen LogP contribution in [-0.2, 0) is 0 Å². The molecule has 128 valence electrons. The summed E-state index contributed by atoms with van der Waals surface area (Å²) in [4.78, 5) is 21.3. The number of aromatic hydroxyl groups is 1. The molecule has 2 aromatic heterocycles. The molecule has 0 unspecified atom stereocenters. The van der Waals surface area contributed by atoms with Crippen molar-refractivity contribution in [3.8, 4) is 34.2 Å². The predicted octanol–water partition coefficient (Wildman–Crippen LogP) is 3.30. The van der Waals surface area contributed by atoms with Crippen LogP contribution in [0, 0.1) is 6.92 Å². The molecule has 26 heavy (non-hydrogen) atoms. The van der Waals surface area contributed by atoms with Crippen LogP contribution in [0.3, 0.4) is 0 Å². The second-order valence-corrected chi connectivity index (χ2v) is 5.92. The average molecular weight is 344 g/mol. The van der Waals surface area contributed by atoms with Crippen molar-refractivity contribution in [1.82, 2.24) is 19.7 Å². The fourth-order valence-corrected chi connectivity index (χ4v) is 2.78. The molecule has 0 saturated carbocycles. The summed E-state index contributed by atoms with van der Waals surface area (Å²) in [5.41, 5.74) is 2.60. The number of H-pyrrole nitrogens is 1. The van der Waals surface area contributed by atoms with Gasteiger partial charge in [0.1, 0.15) is 5.75 Å². The lowest BCUT2D eigenvalue weighted by Crippen LogP contribution is -2.16. The molecule has 0 aliphatic heterocycles. The van der Waals surface area contributed by atoms with E-state index in [1.807, 2.05) is 37.3 Å². The largest absolute Gasteiger partial charge is 0.507 e. The predicted molar refractivity (Wildman–Crippen MR) is 99.3 cm³/mol. The maximum absolute atomic E-state index is 12.5. The number of hydrogen-bond donors (Lipinski definition) is 2. The van der Waals surface area contributed by atoms with Crippen LogP contribution >= 0.6 is 0 Å². The number of rotatable bonds is 3. The monoisotopic (exact) mass is 344 g/mol. The third kappa shape index (κ3) is 2.88. The van der Waals surface area contributed by atoms with E-state index in [0.717, 1.165) is 5.56 Å². The van der Waals surface area contributed by atoms with Gasteiger partial charge in [0.2, 0.25) is 0 Å². The first kappa shape index (κ1) is 15.8. The van der Waals surface area contributed by atoms with Gasteiger partial charge in [0.15, 0.2) is 11.6 Å². The van der Waals surface area contributed by atoms with E-state index in [1.165, 1.54) is 10.7 Å². The van der Waals surface area contributed by atoms with Crippen molar-refractivity contribution >= 4 is 0 Å². The van der Waals surface area contributed by atoms with Crippen LogP contribution in [-0.4, -0.2) is 24.9 Å². The SMILES string of the molecule is Cc1cc(-n2[nH]c(-c3ccccc3)cc2=O)nc(-c2ccccc2O)n1. The summed E-state index contributed by atoms with van der Waals surface area (Å²) >= 11 is 0. The molecule has 0 saturated heterocycles. The summed E-state index contributed by atoms with van der Waals surface area (Å²) in [5.74, 6) is 0.872. The quantitative estimate of drug-likeness (QED) is 0.597. The van der Waals surface area contributed by atoms with Crippen molar-refractivity contribution in [1.29, 1.82) is 0 Å². The van der Waals surface area contributed by atoms with Crippen molar-refractivity contribution in [2.75, 3.05) is 0 Å². The number of hydrogen-bond acceptors (Lipinski definition) is 4. The maximum atomic E-state index is 12.5. The van der Waals surface area contributed by atoms with Gasteiger partial charge in [-0.05, 0) is 24.6 Å². The Balaban J connectivity index is 1.84. The van der Waals surface area contributed by atoms with E-state index in [2.05, 4.69) is 15.1 Å². The van der Waals surface area contributed by atoms with E-state index in [4.69, 9.17) is 0 Å². The van der Waals surface area contributed by atoms with Gasteiger partial charge in [-0.15, -0.1) is 0 Å². The van der Waals surface area contributed by atoms with Gasteiger partial charge in [-0.3, -0.25) is 9.89 Å². The lowest BCUT2D eigenvalue weighted by atomic mass is 10.2. The van der Waals surface area contributed by atoms with Crippen molar-refractivity contribution in [2.24, 2.45) is 0 Å². The molecule has 2 heterocycles. The first-order chi connectivity index (χ1) is 12.6. The van der Waals surface area contributed by atoms with E-state index in [0.29, 0.717) is 28.6 Å². The maximum Gasteiger partial charge on any atom is 0.273 e. The number of aromatic amines is 1. The molecule has 6 heteroatoms. The topological polar surface area (TPSA) is 83.8 Å². The van der Waals surface area contributed by atoms with Crippen LogP contribution in [0.4, 0.5) is 0 Å². The molecular weight excluding hydrogens is 328 g/mol. The Morgan fingerprint density at radius 3 is 2.46 bits per heavy atom. The standard InChI is InChI=1S/C20H16N4O2/c1-13-11-18(22-20(21-13)15-9-5-6-10-17(15)25)24-19(26)12-16(23-24)14-7-3-2-4-8-14/h2-12,23,25H,1H3. The molecule has 4 aromatic rings. The molecule has 2 N–H and O–H groups in total. The molecular formula is C20H16N4O2. The molecule has 0 bridgehead atoms. The first-order valence-corrected chi connectivity index (χ1v) is 8.14. The van der Waals surface area contributed by atoms with Crippen LogP contribution in [0.15, 0.2) is 71.5 Å². The Bertz CT molecular complexity index is 1130. The lowest BCUT2D eigenvalue weighted by molar-refractivity contribution is 0.477. The number of aryl methyl sites for hydroxylation is 1. The van der Waals surface area contributed by atoms with Crippen LogP contribution in [0.25, 0.3) is 28.5 Å². The molecule has 0 aliphatic rings. The number of para-hydroxylation sites is 1. The molecule has 0 aliphatic carbocycles. The zero-order chi connectivity index (χ0) is 18.1. The minimum atomic E-state index is -0.217. The highest BCUT2D eigenvalue weighted by molar-refractivity contribution is 5.64. The van der Waals surface area contributed by atoms with E-state index >= 15 is 0 Å². The van der Waals surface area contributed by atoms with Gasteiger partial charge in [-0.25, -0.2) is 14.6 Å². The molecule has 0 amide bonds. The number of aromatic nitrogens is 4. The second-order valence-electron chi connectivity index (χ2n) is 5.92. The third-order valence-corrected chi connectivity index (χ3v) is 4.02. The summed E-state index contributed by atoms with van der Waals surface area (Å²) in [6.07, 6.45) is 0. The number of benzene rings is 2. The highest BCUT2D eigenvalue weighted by atomic mass is 16.3. The smallest absolute Gasteiger partial charge is 0.273 e. The summed E-state index contributed by atoms with van der Waals surface area (Å²) in [7, 11) is 0. The van der Waals surface area contributed by atoms with E-state index in [1.54, 1.807) is 30.3 Å². The Morgan fingerprint density at radius 2 is 1.69 bits per heavy atom. The van der Waals surface area contributed by atoms with Crippen molar-refractivity contribution in [3.05, 3.63) is 82.8 Å². The van der Waals surface area contributed by atoms with Crippen molar-refractivity contribution < 1.29 is 5.11 Å². The Morgan fingerprint density at radius 1 is 0.962 bits per heavy atom. The minimum Gasteiger partial charge on any atom is -0.507 e. The first-order valence-electron chi connectivity index (χ1n) is 8.14. The van der Waals surface area contributed by atoms with Gasteiger partial charge >= 0.3 is 0 Å². The molecule has 2 aromatic carbocycles. The Kier molecular flexibility index (Phi) is 3.85. The zero-order valence-electron chi connectivity index (χ0n) is 14.0. The fraction of sp³-hybridized carbons (Fsp3) is 0.0500. The Hall–Kier alpha value is -3.67. The molecule has 0 spiro atoms. The van der Waals surface area contributed by atoms with Crippen molar-refractivity contribution in [2.45, 2.75) is 6.92 Å². The van der Waals surface area contributed by atoms with E-state index in [-0.39, 0.29) is 11.3 Å². The minimum absolute atomic E-state index is 0.0906. The molecule has 0 fully saturated rings. The van der Waals surface area contributed by atoms with Crippen molar-refractivity contribution in [3.63, 3.8) is 0 Å². The average Bonchev–Trinajstić information content (AvgIpc) is 3.04. The van der Waals surface area contributed by atoms with Gasteiger partial charge in [0, 0.05) is 17.8 Å². The highest BCUT2D eigenvalue weighted by Gasteiger charge is 2.13. The van der Waals surface area contributed by atoms with Gasteiger partial charge in [0.05, 0.1) is 11.3 Å². The number of nitrogens with zero attached hydrogens (tertiary/aromatic N) is 3. The highest BCUT2D eigenvalue weighted by Crippen LogP contribution is 2.26. The lowest BCUT2D eigenvalue weighted by Gasteiger charge is -2.08.